The van der Waals surface area contributed by atoms with E-state index in [4.69, 9.17) is 0 Å². The Morgan fingerprint density at radius 2 is 2.10 bits per heavy atom. The first-order valence-electron chi connectivity index (χ1n) is 6.75. The van der Waals surface area contributed by atoms with E-state index in [2.05, 4.69) is 0 Å². The molecule has 0 bridgehead atoms. The Bertz CT molecular complexity index is 669. The minimum absolute atomic E-state index is 0.00816. The predicted octanol–water partition coefficient (Wildman–Crippen LogP) is 3.63. The summed E-state index contributed by atoms with van der Waals surface area (Å²) < 4.78 is 0. The second-order valence-corrected chi connectivity index (χ2v) is 5.89. The van der Waals surface area contributed by atoms with Crippen molar-refractivity contribution in [3.8, 4) is 0 Å². The second kappa shape index (κ2) is 5.65. The van der Waals surface area contributed by atoms with Gasteiger partial charge in [0.15, 0.2) is 0 Å². The largest absolute Gasteiger partial charge is 0.332 e. The highest BCUT2D eigenvalue weighted by Gasteiger charge is 2.31. The van der Waals surface area contributed by atoms with Gasteiger partial charge in [0.05, 0.1) is 16.5 Å². The van der Waals surface area contributed by atoms with Crippen LogP contribution in [0.4, 0.5) is 5.00 Å². The van der Waals surface area contributed by atoms with Crippen LogP contribution >= 0.6 is 11.3 Å². The third kappa shape index (κ3) is 2.67. The van der Waals surface area contributed by atoms with Gasteiger partial charge in [-0.05, 0) is 18.4 Å². The summed E-state index contributed by atoms with van der Waals surface area (Å²) in [4.78, 5) is 24.7. The molecule has 1 aromatic heterocycles. The van der Waals surface area contributed by atoms with Crippen molar-refractivity contribution in [1.29, 1.82) is 0 Å². The molecule has 1 aliphatic heterocycles. The molecule has 0 unspecified atom stereocenters. The van der Waals surface area contributed by atoms with Crippen LogP contribution in [0.2, 0.25) is 0 Å². The lowest BCUT2D eigenvalue weighted by atomic mass is 10.0. The number of amides is 1. The smallest absolute Gasteiger partial charge is 0.324 e. The van der Waals surface area contributed by atoms with Gasteiger partial charge in [-0.3, -0.25) is 14.9 Å². The molecule has 2 aromatic rings. The van der Waals surface area contributed by atoms with E-state index < -0.39 is 4.92 Å². The maximum atomic E-state index is 12.6. The number of thiophene rings is 1. The third-order valence-electron chi connectivity index (χ3n) is 3.71. The number of benzene rings is 1. The van der Waals surface area contributed by atoms with E-state index >= 15 is 0 Å². The minimum Gasteiger partial charge on any atom is -0.332 e. The van der Waals surface area contributed by atoms with Gasteiger partial charge in [0, 0.05) is 18.0 Å². The van der Waals surface area contributed by atoms with Gasteiger partial charge in [0.2, 0.25) is 0 Å². The summed E-state index contributed by atoms with van der Waals surface area (Å²) in [6, 6.07) is 11.4. The van der Waals surface area contributed by atoms with Crippen LogP contribution in [0.15, 0.2) is 41.8 Å². The summed E-state index contributed by atoms with van der Waals surface area (Å²) in [5.41, 5.74) is 1.53. The molecule has 3 rings (SSSR count). The van der Waals surface area contributed by atoms with Crippen LogP contribution < -0.4 is 0 Å². The van der Waals surface area contributed by atoms with Crippen LogP contribution in [0.3, 0.4) is 0 Å². The maximum absolute atomic E-state index is 12.6. The monoisotopic (exact) mass is 302 g/mol. The third-order valence-corrected chi connectivity index (χ3v) is 4.59. The van der Waals surface area contributed by atoms with Crippen LogP contribution in [-0.2, 0) is 0 Å². The molecule has 0 aliphatic carbocycles. The standard InChI is InChI=1S/C15H14N2O3S/c18-15(12-9-14(17(19)20)21-10-12)16-8-4-7-13(16)11-5-2-1-3-6-11/h1-3,5-6,9-10,13H,4,7-8H2/t13-/m0/s1. The van der Waals surface area contributed by atoms with Gasteiger partial charge >= 0.3 is 5.00 Å². The lowest BCUT2D eigenvalue weighted by Gasteiger charge is -2.24. The van der Waals surface area contributed by atoms with Gasteiger partial charge in [0.1, 0.15) is 0 Å². The molecule has 1 atom stereocenters. The van der Waals surface area contributed by atoms with Gasteiger partial charge in [-0.2, -0.15) is 0 Å². The Labute approximate surface area is 126 Å². The number of likely N-dealkylation sites (tertiary alicyclic amines) is 1. The summed E-state index contributed by atoms with van der Waals surface area (Å²) in [6.07, 6.45) is 1.89. The van der Waals surface area contributed by atoms with Gasteiger partial charge in [0.25, 0.3) is 5.91 Å². The van der Waals surface area contributed by atoms with Crippen molar-refractivity contribution in [2.45, 2.75) is 18.9 Å². The Hall–Kier alpha value is -2.21. The topological polar surface area (TPSA) is 63.4 Å². The Kier molecular flexibility index (Phi) is 3.70. The molecule has 1 aromatic carbocycles. The predicted molar refractivity (Wildman–Crippen MR) is 80.4 cm³/mol. The van der Waals surface area contributed by atoms with Crippen molar-refractivity contribution < 1.29 is 9.72 Å². The highest BCUT2D eigenvalue weighted by Crippen LogP contribution is 2.34. The number of carbonyl (C=O) groups excluding carboxylic acids is 1. The molecule has 1 fully saturated rings. The molecule has 1 saturated heterocycles. The normalized spacial score (nSPS) is 17.9. The minimum atomic E-state index is -0.458. The van der Waals surface area contributed by atoms with Crippen LogP contribution in [-0.4, -0.2) is 22.3 Å². The van der Waals surface area contributed by atoms with E-state index in [9.17, 15) is 14.9 Å². The first-order chi connectivity index (χ1) is 10.2. The number of rotatable bonds is 3. The van der Waals surface area contributed by atoms with Crippen LogP contribution in [0.5, 0.6) is 0 Å². The van der Waals surface area contributed by atoms with Crippen molar-refractivity contribution in [3.63, 3.8) is 0 Å². The SMILES string of the molecule is O=C(c1csc([N+](=O)[O-])c1)N1CCC[C@H]1c1ccccc1. The Morgan fingerprint density at radius 3 is 2.76 bits per heavy atom. The van der Waals surface area contributed by atoms with Crippen molar-refractivity contribution in [2.24, 2.45) is 0 Å². The summed E-state index contributed by atoms with van der Waals surface area (Å²) >= 11 is 0.995. The first-order valence-corrected chi connectivity index (χ1v) is 7.63. The number of carbonyl (C=O) groups is 1. The quantitative estimate of drug-likeness (QED) is 0.642. The molecule has 0 radical (unpaired) electrons. The number of nitrogens with zero attached hydrogens (tertiary/aromatic N) is 2. The Morgan fingerprint density at radius 1 is 1.33 bits per heavy atom. The van der Waals surface area contributed by atoms with E-state index in [1.165, 1.54) is 6.07 Å². The van der Waals surface area contributed by atoms with Gasteiger partial charge < -0.3 is 4.90 Å². The first kappa shape index (κ1) is 13.8. The van der Waals surface area contributed by atoms with Crippen LogP contribution in [0, 0.1) is 10.1 Å². The maximum Gasteiger partial charge on any atom is 0.324 e. The van der Waals surface area contributed by atoms with Gasteiger partial charge in [-0.25, -0.2) is 0 Å². The summed E-state index contributed by atoms with van der Waals surface area (Å²) in [7, 11) is 0. The van der Waals surface area contributed by atoms with Crippen molar-refractivity contribution in [3.05, 3.63) is 63.0 Å². The zero-order chi connectivity index (χ0) is 14.8. The lowest BCUT2D eigenvalue weighted by molar-refractivity contribution is -0.380. The Balaban J connectivity index is 1.84. The molecule has 0 saturated carbocycles. The molecule has 0 spiro atoms. The zero-order valence-electron chi connectivity index (χ0n) is 11.3. The van der Waals surface area contributed by atoms with E-state index in [1.54, 1.807) is 5.38 Å². The fraction of sp³-hybridized carbons (Fsp3) is 0.267. The molecule has 21 heavy (non-hydrogen) atoms. The average Bonchev–Trinajstić information content (AvgIpc) is 3.17. The molecular weight excluding hydrogens is 288 g/mol. The number of hydrogen-bond acceptors (Lipinski definition) is 4. The van der Waals surface area contributed by atoms with Gasteiger partial charge in [-0.1, -0.05) is 41.7 Å². The van der Waals surface area contributed by atoms with Crippen LogP contribution in [0.25, 0.3) is 0 Å². The highest BCUT2D eigenvalue weighted by molar-refractivity contribution is 7.13. The molecule has 5 nitrogen and oxygen atoms in total. The fourth-order valence-electron chi connectivity index (χ4n) is 2.73. The number of hydrogen-bond donors (Lipinski definition) is 0. The molecule has 0 N–H and O–H groups in total. The van der Waals surface area contributed by atoms with E-state index in [0.717, 1.165) is 29.7 Å². The molecule has 6 heteroatoms. The summed E-state index contributed by atoms with van der Waals surface area (Å²) in [5.74, 6) is -0.120. The van der Waals surface area contributed by atoms with Crippen molar-refractivity contribution in [2.75, 3.05) is 6.54 Å². The lowest BCUT2D eigenvalue weighted by Crippen LogP contribution is -2.30. The molecular formula is C15H14N2O3S. The zero-order valence-corrected chi connectivity index (χ0v) is 12.1. The van der Waals surface area contributed by atoms with Crippen LogP contribution in [0.1, 0.15) is 34.8 Å². The second-order valence-electron chi connectivity index (χ2n) is 5.00. The molecule has 1 aliphatic rings. The van der Waals surface area contributed by atoms with Crippen molar-refractivity contribution in [1.82, 2.24) is 4.90 Å². The number of nitro groups is 1. The highest BCUT2D eigenvalue weighted by atomic mass is 32.1. The molecule has 2 heterocycles. The van der Waals surface area contributed by atoms with E-state index in [1.807, 2.05) is 35.2 Å². The summed E-state index contributed by atoms with van der Waals surface area (Å²) in [6.45, 7) is 0.696. The fourth-order valence-corrected chi connectivity index (χ4v) is 3.43. The van der Waals surface area contributed by atoms with Crippen molar-refractivity contribution >= 4 is 22.2 Å². The molecule has 108 valence electrons. The average molecular weight is 302 g/mol. The van der Waals surface area contributed by atoms with E-state index in [0.29, 0.717) is 12.1 Å². The van der Waals surface area contributed by atoms with E-state index in [-0.39, 0.29) is 17.0 Å². The van der Waals surface area contributed by atoms with Gasteiger partial charge in [-0.15, -0.1) is 0 Å². The summed E-state index contributed by atoms with van der Waals surface area (Å²) in [5, 5.41) is 12.3. The molecule has 1 amide bonds.